The van der Waals surface area contributed by atoms with Gasteiger partial charge in [0.05, 0.1) is 5.52 Å². The summed E-state index contributed by atoms with van der Waals surface area (Å²) in [5.74, 6) is 0.672. The van der Waals surface area contributed by atoms with Gasteiger partial charge in [0.15, 0.2) is 5.65 Å². The molecule has 4 rings (SSSR count). The molecule has 76 valence electrons. The molecule has 0 radical (unpaired) electrons. The first-order valence-electron chi connectivity index (χ1n) is 4.85. The minimum atomic E-state index is 0.672. The highest BCUT2D eigenvalue weighted by Crippen LogP contribution is 2.19. The van der Waals surface area contributed by atoms with E-state index in [0.717, 1.165) is 16.6 Å². The maximum Gasteiger partial charge on any atom is 0.258 e. The van der Waals surface area contributed by atoms with Crippen LogP contribution in [0.4, 0.5) is 0 Å². The first-order valence-corrected chi connectivity index (χ1v) is 4.85. The van der Waals surface area contributed by atoms with Crippen LogP contribution in [-0.2, 0) is 0 Å². The van der Waals surface area contributed by atoms with Crippen LogP contribution >= 0.6 is 0 Å². The molecule has 6 heteroatoms. The molecule has 0 aliphatic heterocycles. The topological polar surface area (TPSA) is 60.4 Å². The van der Waals surface area contributed by atoms with Gasteiger partial charge in [-0.05, 0) is 12.1 Å². The molecule has 0 N–H and O–H groups in total. The summed E-state index contributed by atoms with van der Waals surface area (Å²) in [5.41, 5.74) is 1.83. The fourth-order valence-corrected chi connectivity index (χ4v) is 1.99. The molecule has 6 nitrogen and oxygen atoms in total. The molecule has 0 amide bonds. The molecule has 4 aromatic rings. The number of hydrogen-bond acceptors (Lipinski definition) is 4. The van der Waals surface area contributed by atoms with Crippen molar-refractivity contribution in [3.8, 4) is 0 Å². The Balaban J connectivity index is 2.51. The Morgan fingerprint density at radius 2 is 2.06 bits per heavy atom. The molecule has 0 saturated carbocycles. The molecule has 0 aliphatic rings. The molecule has 3 heterocycles. The van der Waals surface area contributed by atoms with Crippen LogP contribution < -0.4 is 0 Å². The Kier molecular flexibility index (Phi) is 1.23. The summed E-state index contributed by atoms with van der Waals surface area (Å²) < 4.78 is 3.59. The van der Waals surface area contributed by atoms with Crippen molar-refractivity contribution < 1.29 is 0 Å². The average Bonchev–Trinajstić information content (AvgIpc) is 2.98. The summed E-state index contributed by atoms with van der Waals surface area (Å²) >= 11 is 0. The van der Waals surface area contributed by atoms with Crippen molar-refractivity contribution in [1.29, 1.82) is 0 Å². The quantitative estimate of drug-likeness (QED) is 0.433. The van der Waals surface area contributed by atoms with Gasteiger partial charge in [-0.3, -0.25) is 4.40 Å². The van der Waals surface area contributed by atoms with E-state index in [2.05, 4.69) is 20.3 Å². The zero-order valence-corrected chi connectivity index (χ0v) is 8.15. The number of aromatic nitrogens is 6. The molecular formula is C10H6N6. The molecule has 16 heavy (non-hydrogen) atoms. The van der Waals surface area contributed by atoms with Gasteiger partial charge in [0.2, 0.25) is 0 Å². The number of para-hydroxylation sites is 1. The second-order valence-corrected chi connectivity index (χ2v) is 3.51. The zero-order chi connectivity index (χ0) is 10.5. The number of nitrogens with zero attached hydrogens (tertiary/aromatic N) is 6. The molecule has 0 atom stereocenters. The van der Waals surface area contributed by atoms with Crippen LogP contribution in [0.15, 0.2) is 36.9 Å². The van der Waals surface area contributed by atoms with Crippen molar-refractivity contribution in [3.63, 3.8) is 0 Å². The van der Waals surface area contributed by atoms with Crippen LogP contribution in [0, 0.1) is 0 Å². The number of fused-ring (bicyclic) bond motifs is 6. The second-order valence-electron chi connectivity index (χ2n) is 3.51. The summed E-state index contributed by atoms with van der Waals surface area (Å²) in [6, 6.07) is 7.99. The standard InChI is InChI=1S/C10H6N6/c1-2-4-8-7(3-1)9-11-5-13-16(9)10-14-12-6-15(8)10/h1-6H. The van der Waals surface area contributed by atoms with Crippen molar-refractivity contribution in [2.24, 2.45) is 0 Å². The summed E-state index contributed by atoms with van der Waals surface area (Å²) in [7, 11) is 0. The van der Waals surface area contributed by atoms with E-state index in [0.29, 0.717) is 5.78 Å². The molecule has 0 aliphatic carbocycles. The molecule has 0 fully saturated rings. The Morgan fingerprint density at radius 1 is 1.12 bits per heavy atom. The van der Waals surface area contributed by atoms with E-state index in [1.165, 1.54) is 6.33 Å². The summed E-state index contributed by atoms with van der Waals surface area (Å²) in [6.45, 7) is 0. The Bertz CT molecular complexity index is 743. The third kappa shape index (κ3) is 0.773. The van der Waals surface area contributed by atoms with Gasteiger partial charge in [-0.15, -0.1) is 10.2 Å². The van der Waals surface area contributed by atoms with E-state index in [1.807, 2.05) is 28.7 Å². The SMILES string of the molecule is c1ccc2c(c1)c1ncnn1c1nncn21. The lowest BCUT2D eigenvalue weighted by molar-refractivity contribution is 0.941. The zero-order valence-electron chi connectivity index (χ0n) is 8.15. The van der Waals surface area contributed by atoms with Crippen LogP contribution in [0.3, 0.4) is 0 Å². The van der Waals surface area contributed by atoms with E-state index in [-0.39, 0.29) is 0 Å². The molecule has 0 unspecified atom stereocenters. The van der Waals surface area contributed by atoms with Gasteiger partial charge >= 0.3 is 0 Å². The molecular weight excluding hydrogens is 204 g/mol. The Morgan fingerprint density at radius 3 is 3.06 bits per heavy atom. The Labute approximate surface area is 89.2 Å². The van der Waals surface area contributed by atoms with Gasteiger partial charge in [0.1, 0.15) is 12.7 Å². The summed E-state index contributed by atoms with van der Waals surface area (Å²) in [4.78, 5) is 4.25. The van der Waals surface area contributed by atoms with Gasteiger partial charge in [-0.25, -0.2) is 4.98 Å². The fraction of sp³-hybridized carbons (Fsp3) is 0. The second kappa shape index (κ2) is 2.54. The van der Waals surface area contributed by atoms with Crippen LogP contribution in [0.5, 0.6) is 0 Å². The number of hydrogen-bond donors (Lipinski definition) is 0. The van der Waals surface area contributed by atoms with Gasteiger partial charge in [-0.1, -0.05) is 12.1 Å². The van der Waals surface area contributed by atoms with Crippen molar-refractivity contribution in [3.05, 3.63) is 36.9 Å². The van der Waals surface area contributed by atoms with Crippen LogP contribution in [-0.4, -0.2) is 29.2 Å². The third-order valence-electron chi connectivity index (χ3n) is 2.67. The maximum atomic E-state index is 4.25. The number of rotatable bonds is 0. The lowest BCUT2D eigenvalue weighted by atomic mass is 10.2. The molecule has 0 bridgehead atoms. The molecule has 0 spiro atoms. The van der Waals surface area contributed by atoms with Crippen molar-refractivity contribution in [1.82, 2.24) is 29.2 Å². The average molecular weight is 210 g/mol. The van der Waals surface area contributed by atoms with E-state index < -0.39 is 0 Å². The Hall–Kier alpha value is -2.50. The van der Waals surface area contributed by atoms with Gasteiger partial charge in [0, 0.05) is 5.39 Å². The summed E-state index contributed by atoms with van der Waals surface area (Å²) in [5, 5.41) is 13.1. The fourth-order valence-electron chi connectivity index (χ4n) is 1.99. The monoisotopic (exact) mass is 210 g/mol. The van der Waals surface area contributed by atoms with Crippen molar-refractivity contribution in [2.45, 2.75) is 0 Å². The first kappa shape index (κ1) is 7.75. The van der Waals surface area contributed by atoms with Gasteiger partial charge in [-0.2, -0.15) is 9.61 Å². The van der Waals surface area contributed by atoms with Crippen LogP contribution in [0.2, 0.25) is 0 Å². The van der Waals surface area contributed by atoms with E-state index in [4.69, 9.17) is 0 Å². The lowest BCUT2D eigenvalue weighted by Crippen LogP contribution is -1.98. The van der Waals surface area contributed by atoms with Crippen LogP contribution in [0.1, 0.15) is 0 Å². The number of benzene rings is 1. The van der Waals surface area contributed by atoms with Gasteiger partial charge < -0.3 is 0 Å². The maximum absolute atomic E-state index is 4.25. The first-order chi connectivity index (χ1) is 7.95. The van der Waals surface area contributed by atoms with E-state index >= 15 is 0 Å². The van der Waals surface area contributed by atoms with Crippen LogP contribution in [0.25, 0.3) is 22.3 Å². The molecule has 1 aromatic carbocycles. The van der Waals surface area contributed by atoms with Crippen molar-refractivity contribution >= 4 is 22.3 Å². The predicted molar refractivity (Wildman–Crippen MR) is 57.0 cm³/mol. The predicted octanol–water partition coefficient (Wildman–Crippen LogP) is 0.925. The molecule has 0 saturated heterocycles. The minimum absolute atomic E-state index is 0.672. The summed E-state index contributed by atoms with van der Waals surface area (Å²) in [6.07, 6.45) is 3.20. The normalized spacial score (nSPS) is 11.8. The van der Waals surface area contributed by atoms with Crippen molar-refractivity contribution in [2.75, 3.05) is 0 Å². The smallest absolute Gasteiger partial charge is 0.258 e. The highest BCUT2D eigenvalue weighted by molar-refractivity contribution is 5.93. The highest BCUT2D eigenvalue weighted by Gasteiger charge is 2.10. The minimum Gasteiger partial charge on any atom is -0.265 e. The largest absolute Gasteiger partial charge is 0.265 e. The molecule has 3 aromatic heterocycles. The highest BCUT2D eigenvalue weighted by atomic mass is 15.4. The lowest BCUT2D eigenvalue weighted by Gasteiger charge is -2.02. The van der Waals surface area contributed by atoms with E-state index in [1.54, 1.807) is 10.8 Å². The third-order valence-corrected chi connectivity index (χ3v) is 2.67. The van der Waals surface area contributed by atoms with Gasteiger partial charge in [0.25, 0.3) is 5.78 Å². The van der Waals surface area contributed by atoms with E-state index in [9.17, 15) is 0 Å².